The van der Waals surface area contributed by atoms with Crippen LogP contribution >= 0.6 is 11.6 Å². The molecule has 0 spiro atoms. The third kappa shape index (κ3) is 2.02. The fourth-order valence-electron chi connectivity index (χ4n) is 2.40. The average Bonchev–Trinajstić information content (AvgIpc) is 2.84. The molecule has 3 aromatic rings. The number of halogens is 1. The molecule has 1 heterocycles. The topological polar surface area (TPSA) is 32.9 Å². The van der Waals surface area contributed by atoms with Gasteiger partial charge in [0.15, 0.2) is 5.78 Å². The second-order valence-corrected chi connectivity index (χ2v) is 5.39. The summed E-state index contributed by atoms with van der Waals surface area (Å²) < 4.78 is 0. The Kier molecular flexibility index (Phi) is 3.11. The molecule has 1 N–H and O–H groups in total. The summed E-state index contributed by atoms with van der Waals surface area (Å²) in [4.78, 5) is 15.8. The predicted molar refractivity (Wildman–Crippen MR) is 82.7 cm³/mol. The Hall–Kier alpha value is -2.06. The number of hydrogen-bond donors (Lipinski definition) is 1. The van der Waals surface area contributed by atoms with Gasteiger partial charge in [-0.2, -0.15) is 0 Å². The van der Waals surface area contributed by atoms with Gasteiger partial charge in [-0.1, -0.05) is 35.9 Å². The third-order valence-corrected chi connectivity index (χ3v) is 4.02. The van der Waals surface area contributed by atoms with Crippen LogP contribution in [0.5, 0.6) is 0 Å². The lowest BCUT2D eigenvalue weighted by Gasteiger charge is -2.05. The smallest absolute Gasteiger partial charge is 0.196 e. The second kappa shape index (κ2) is 4.80. The van der Waals surface area contributed by atoms with Crippen molar-refractivity contribution in [1.82, 2.24) is 4.98 Å². The Morgan fingerprint density at radius 1 is 1.10 bits per heavy atom. The maximum Gasteiger partial charge on any atom is 0.196 e. The van der Waals surface area contributed by atoms with Crippen LogP contribution in [0.3, 0.4) is 0 Å². The zero-order chi connectivity index (χ0) is 14.3. The number of benzene rings is 2. The maximum atomic E-state index is 12.7. The molecule has 3 rings (SSSR count). The largest absolute Gasteiger partial charge is 0.360 e. The van der Waals surface area contributed by atoms with E-state index in [0.29, 0.717) is 16.1 Å². The van der Waals surface area contributed by atoms with Crippen LogP contribution in [-0.4, -0.2) is 10.8 Å². The van der Waals surface area contributed by atoms with Crippen LogP contribution in [0.4, 0.5) is 0 Å². The Labute approximate surface area is 122 Å². The molecule has 0 atom stereocenters. The van der Waals surface area contributed by atoms with Gasteiger partial charge in [-0.15, -0.1) is 0 Å². The van der Waals surface area contributed by atoms with Crippen molar-refractivity contribution in [2.24, 2.45) is 0 Å². The minimum absolute atomic E-state index is 0.0474. The Balaban J connectivity index is 2.16. The number of aromatic nitrogens is 1. The Morgan fingerprint density at radius 3 is 2.70 bits per heavy atom. The fourth-order valence-corrected chi connectivity index (χ4v) is 2.61. The number of aryl methyl sites for hydroxylation is 2. The van der Waals surface area contributed by atoms with E-state index < -0.39 is 0 Å². The molecule has 0 aliphatic carbocycles. The number of hydrogen-bond acceptors (Lipinski definition) is 1. The van der Waals surface area contributed by atoms with Gasteiger partial charge in [0.1, 0.15) is 0 Å². The summed E-state index contributed by atoms with van der Waals surface area (Å²) in [5, 5.41) is 1.46. The number of rotatable bonds is 2. The van der Waals surface area contributed by atoms with Crippen LogP contribution in [0, 0.1) is 13.8 Å². The standard InChI is InChI=1S/C17H14ClNO/c1-10-6-7-12-14(9-19-15(12)8-10)17(20)13-5-3-4-11(2)16(13)18/h3-9,19H,1-2H3. The van der Waals surface area contributed by atoms with Gasteiger partial charge < -0.3 is 4.98 Å². The molecule has 0 fully saturated rings. The van der Waals surface area contributed by atoms with E-state index >= 15 is 0 Å². The fraction of sp³-hybridized carbons (Fsp3) is 0.118. The molecular weight excluding hydrogens is 270 g/mol. The summed E-state index contributed by atoms with van der Waals surface area (Å²) >= 11 is 6.25. The normalized spacial score (nSPS) is 10.9. The molecule has 2 aromatic carbocycles. The lowest BCUT2D eigenvalue weighted by atomic mass is 10.0. The van der Waals surface area contributed by atoms with Gasteiger partial charge >= 0.3 is 0 Å². The molecule has 0 unspecified atom stereocenters. The van der Waals surface area contributed by atoms with Crippen molar-refractivity contribution < 1.29 is 4.79 Å². The first-order valence-corrected chi connectivity index (χ1v) is 6.83. The van der Waals surface area contributed by atoms with Gasteiger partial charge in [0, 0.05) is 28.2 Å². The molecule has 0 aliphatic rings. The van der Waals surface area contributed by atoms with Crippen molar-refractivity contribution in [2.75, 3.05) is 0 Å². The average molecular weight is 284 g/mol. The van der Waals surface area contributed by atoms with Crippen LogP contribution in [0.1, 0.15) is 27.0 Å². The van der Waals surface area contributed by atoms with Crippen molar-refractivity contribution in [3.05, 3.63) is 69.9 Å². The molecule has 3 heteroatoms. The number of carbonyl (C=O) groups excluding carboxylic acids is 1. The van der Waals surface area contributed by atoms with E-state index in [-0.39, 0.29) is 5.78 Å². The van der Waals surface area contributed by atoms with Crippen molar-refractivity contribution in [3.63, 3.8) is 0 Å². The van der Waals surface area contributed by atoms with Crippen molar-refractivity contribution >= 4 is 28.3 Å². The van der Waals surface area contributed by atoms with Crippen molar-refractivity contribution in [2.45, 2.75) is 13.8 Å². The minimum atomic E-state index is -0.0474. The lowest BCUT2D eigenvalue weighted by Crippen LogP contribution is -2.02. The summed E-state index contributed by atoms with van der Waals surface area (Å²) in [6.45, 7) is 3.93. The first-order valence-electron chi connectivity index (χ1n) is 6.45. The number of H-pyrrole nitrogens is 1. The van der Waals surface area contributed by atoms with Gasteiger partial charge in [0.05, 0.1) is 5.02 Å². The molecular formula is C17H14ClNO. The Bertz CT molecular complexity index is 817. The number of ketones is 1. The highest BCUT2D eigenvalue weighted by Gasteiger charge is 2.17. The summed E-state index contributed by atoms with van der Waals surface area (Å²) in [5.41, 5.74) is 4.25. The zero-order valence-corrected chi connectivity index (χ0v) is 12.1. The molecule has 2 nitrogen and oxygen atoms in total. The minimum Gasteiger partial charge on any atom is -0.360 e. The van der Waals surface area contributed by atoms with E-state index in [1.54, 1.807) is 12.3 Å². The summed E-state index contributed by atoms with van der Waals surface area (Å²) in [5.74, 6) is -0.0474. The molecule has 100 valence electrons. The monoisotopic (exact) mass is 283 g/mol. The second-order valence-electron chi connectivity index (χ2n) is 5.02. The van der Waals surface area contributed by atoms with Gasteiger partial charge in [0.2, 0.25) is 0 Å². The highest BCUT2D eigenvalue weighted by Crippen LogP contribution is 2.27. The lowest BCUT2D eigenvalue weighted by molar-refractivity contribution is 0.104. The first-order chi connectivity index (χ1) is 9.58. The molecule has 0 amide bonds. The molecule has 0 radical (unpaired) electrons. The maximum absolute atomic E-state index is 12.7. The van der Waals surface area contributed by atoms with E-state index in [0.717, 1.165) is 22.0 Å². The highest BCUT2D eigenvalue weighted by molar-refractivity contribution is 6.36. The third-order valence-electron chi connectivity index (χ3n) is 3.52. The molecule has 0 bridgehead atoms. The van der Waals surface area contributed by atoms with E-state index in [9.17, 15) is 4.79 Å². The van der Waals surface area contributed by atoms with Crippen LogP contribution < -0.4 is 0 Å². The van der Waals surface area contributed by atoms with Crippen molar-refractivity contribution in [3.8, 4) is 0 Å². The van der Waals surface area contributed by atoms with Crippen LogP contribution in [-0.2, 0) is 0 Å². The number of nitrogens with one attached hydrogen (secondary N) is 1. The number of aromatic amines is 1. The number of fused-ring (bicyclic) bond motifs is 1. The highest BCUT2D eigenvalue weighted by atomic mass is 35.5. The van der Waals surface area contributed by atoms with Gasteiger partial charge in [0.25, 0.3) is 0 Å². The summed E-state index contributed by atoms with van der Waals surface area (Å²) in [6.07, 6.45) is 1.76. The molecule has 0 saturated heterocycles. The summed E-state index contributed by atoms with van der Waals surface area (Å²) in [7, 11) is 0. The summed E-state index contributed by atoms with van der Waals surface area (Å²) in [6, 6.07) is 11.5. The Morgan fingerprint density at radius 2 is 1.90 bits per heavy atom. The number of carbonyl (C=O) groups is 1. The molecule has 0 saturated carbocycles. The SMILES string of the molecule is Cc1ccc2c(C(=O)c3cccc(C)c3Cl)c[nH]c2c1. The van der Waals surface area contributed by atoms with E-state index in [1.165, 1.54) is 0 Å². The molecule has 20 heavy (non-hydrogen) atoms. The molecule has 1 aromatic heterocycles. The predicted octanol–water partition coefficient (Wildman–Crippen LogP) is 4.67. The van der Waals surface area contributed by atoms with Gasteiger partial charge in [-0.3, -0.25) is 4.79 Å². The van der Waals surface area contributed by atoms with Gasteiger partial charge in [-0.25, -0.2) is 0 Å². The zero-order valence-electron chi connectivity index (χ0n) is 11.3. The first kappa shape index (κ1) is 12.9. The molecule has 0 aliphatic heterocycles. The van der Waals surface area contributed by atoms with Gasteiger partial charge in [-0.05, 0) is 37.1 Å². The van der Waals surface area contributed by atoms with Crippen LogP contribution in [0.15, 0.2) is 42.6 Å². The van der Waals surface area contributed by atoms with Crippen LogP contribution in [0.25, 0.3) is 10.9 Å². The van der Waals surface area contributed by atoms with Crippen molar-refractivity contribution in [1.29, 1.82) is 0 Å². The van der Waals surface area contributed by atoms with Crippen LogP contribution in [0.2, 0.25) is 5.02 Å². The van der Waals surface area contributed by atoms with E-state index in [2.05, 4.69) is 4.98 Å². The van der Waals surface area contributed by atoms with E-state index in [1.807, 2.05) is 44.2 Å². The quantitative estimate of drug-likeness (QED) is 0.681. The van der Waals surface area contributed by atoms with E-state index in [4.69, 9.17) is 11.6 Å².